The second-order valence-corrected chi connectivity index (χ2v) is 5.02. The summed E-state index contributed by atoms with van der Waals surface area (Å²) in [5.41, 5.74) is 0.430. The molecule has 1 unspecified atom stereocenters. The van der Waals surface area contributed by atoms with Crippen LogP contribution in [0.15, 0.2) is 24.5 Å². The molecular formula is C14H18N4O3. The van der Waals surface area contributed by atoms with E-state index in [9.17, 15) is 9.90 Å². The second kappa shape index (κ2) is 6.01. The van der Waals surface area contributed by atoms with E-state index < -0.39 is 11.6 Å². The van der Waals surface area contributed by atoms with E-state index in [0.717, 1.165) is 5.56 Å². The molecule has 0 aromatic carbocycles. The van der Waals surface area contributed by atoms with Crippen molar-refractivity contribution >= 4 is 5.97 Å². The molecule has 2 rings (SSSR count). The van der Waals surface area contributed by atoms with Gasteiger partial charge in [0, 0.05) is 18.0 Å². The zero-order valence-electron chi connectivity index (χ0n) is 12.3. The molecule has 0 saturated carbocycles. The van der Waals surface area contributed by atoms with E-state index in [1.807, 2.05) is 6.92 Å². The molecule has 112 valence electrons. The molecule has 0 saturated heterocycles. The van der Waals surface area contributed by atoms with Gasteiger partial charge in [0.15, 0.2) is 5.69 Å². The van der Waals surface area contributed by atoms with Crippen LogP contribution in [0.2, 0.25) is 0 Å². The van der Waals surface area contributed by atoms with Crippen LogP contribution in [0.4, 0.5) is 0 Å². The van der Waals surface area contributed by atoms with Gasteiger partial charge in [0.25, 0.3) is 0 Å². The first-order chi connectivity index (χ1) is 9.98. The van der Waals surface area contributed by atoms with Crippen molar-refractivity contribution in [2.45, 2.75) is 32.4 Å². The third kappa shape index (κ3) is 3.25. The van der Waals surface area contributed by atoms with Gasteiger partial charge in [-0.1, -0.05) is 12.1 Å². The summed E-state index contributed by atoms with van der Waals surface area (Å²) in [4.78, 5) is 15.8. The van der Waals surface area contributed by atoms with Gasteiger partial charge in [-0.3, -0.25) is 4.98 Å². The fourth-order valence-electron chi connectivity index (χ4n) is 1.89. The third-order valence-corrected chi connectivity index (χ3v) is 3.32. The molecule has 1 atom stereocenters. The van der Waals surface area contributed by atoms with Crippen molar-refractivity contribution in [2.24, 2.45) is 0 Å². The number of ether oxygens (including phenoxy) is 1. The van der Waals surface area contributed by atoms with E-state index in [-0.39, 0.29) is 12.2 Å². The van der Waals surface area contributed by atoms with Crippen LogP contribution in [0.25, 0.3) is 11.3 Å². The maximum absolute atomic E-state index is 11.8. The number of rotatable bonds is 5. The number of carbonyl (C=O) groups excluding carboxylic acids is 1. The summed E-state index contributed by atoms with van der Waals surface area (Å²) in [7, 11) is 1.29. The fraction of sp³-hybridized carbons (Fsp3) is 0.429. The zero-order valence-corrected chi connectivity index (χ0v) is 12.3. The molecule has 0 aliphatic rings. The summed E-state index contributed by atoms with van der Waals surface area (Å²) in [5.74, 6) is -0.566. The number of aliphatic hydroxyl groups is 1. The number of nitrogens with zero attached hydrogens (tertiary/aromatic N) is 4. The molecular weight excluding hydrogens is 272 g/mol. The zero-order chi connectivity index (χ0) is 15.5. The first kappa shape index (κ1) is 15.1. The molecule has 0 aliphatic heterocycles. The van der Waals surface area contributed by atoms with Crippen molar-refractivity contribution < 1.29 is 14.6 Å². The Balaban J connectivity index is 2.52. The topological polar surface area (TPSA) is 90.1 Å². The molecule has 2 aromatic rings. The Labute approximate surface area is 122 Å². The molecule has 0 amide bonds. The van der Waals surface area contributed by atoms with E-state index in [2.05, 4.69) is 15.3 Å². The number of esters is 1. The van der Waals surface area contributed by atoms with E-state index in [1.165, 1.54) is 11.8 Å². The van der Waals surface area contributed by atoms with Gasteiger partial charge in [-0.05, 0) is 25.5 Å². The maximum atomic E-state index is 11.8. The Kier molecular flexibility index (Phi) is 4.32. The lowest BCUT2D eigenvalue weighted by atomic mass is 10.0. The molecule has 0 aliphatic carbocycles. The molecule has 1 N–H and O–H groups in total. The minimum absolute atomic E-state index is 0.121. The molecule has 7 nitrogen and oxygen atoms in total. The lowest BCUT2D eigenvalue weighted by Crippen LogP contribution is -2.30. The van der Waals surface area contributed by atoms with Crippen LogP contribution in [0, 0.1) is 0 Å². The summed E-state index contributed by atoms with van der Waals surface area (Å²) in [6.07, 6.45) is 3.79. The molecule has 2 heterocycles. The first-order valence-corrected chi connectivity index (χ1v) is 6.63. The normalized spacial score (nSPS) is 13.7. The van der Waals surface area contributed by atoms with Gasteiger partial charge in [-0.2, -0.15) is 0 Å². The minimum atomic E-state index is -0.942. The fourth-order valence-corrected chi connectivity index (χ4v) is 1.89. The van der Waals surface area contributed by atoms with Gasteiger partial charge in [0.1, 0.15) is 5.69 Å². The standard InChI is InChI=1S/C14H18N4O3/c1-4-14(2,20)9-18-12(10-5-7-15-8-6-10)11(16-17-18)13(19)21-3/h5-8,20H,4,9H2,1-3H3. The Morgan fingerprint density at radius 2 is 2.10 bits per heavy atom. The van der Waals surface area contributed by atoms with Gasteiger partial charge in [0.05, 0.1) is 19.3 Å². The van der Waals surface area contributed by atoms with Crippen LogP contribution in [-0.2, 0) is 11.3 Å². The van der Waals surface area contributed by atoms with Gasteiger partial charge in [-0.25, -0.2) is 9.48 Å². The van der Waals surface area contributed by atoms with Gasteiger partial charge < -0.3 is 9.84 Å². The summed E-state index contributed by atoms with van der Waals surface area (Å²) in [6.45, 7) is 3.82. The van der Waals surface area contributed by atoms with Gasteiger partial charge in [-0.15, -0.1) is 5.10 Å². The van der Waals surface area contributed by atoms with Crippen LogP contribution >= 0.6 is 0 Å². The highest BCUT2D eigenvalue weighted by atomic mass is 16.5. The van der Waals surface area contributed by atoms with Crippen LogP contribution < -0.4 is 0 Å². The monoisotopic (exact) mass is 290 g/mol. The molecule has 7 heteroatoms. The minimum Gasteiger partial charge on any atom is -0.464 e. The Morgan fingerprint density at radius 3 is 2.67 bits per heavy atom. The molecule has 0 bridgehead atoms. The second-order valence-electron chi connectivity index (χ2n) is 5.02. The number of carbonyl (C=O) groups is 1. The van der Waals surface area contributed by atoms with Gasteiger partial charge in [0.2, 0.25) is 0 Å². The first-order valence-electron chi connectivity index (χ1n) is 6.63. The van der Waals surface area contributed by atoms with Crippen LogP contribution in [0.5, 0.6) is 0 Å². The summed E-state index contributed by atoms with van der Waals surface area (Å²) in [5, 5.41) is 18.1. The predicted molar refractivity (Wildman–Crippen MR) is 75.5 cm³/mol. The van der Waals surface area contributed by atoms with E-state index in [0.29, 0.717) is 12.1 Å². The summed E-state index contributed by atoms with van der Waals surface area (Å²) >= 11 is 0. The highest BCUT2D eigenvalue weighted by Gasteiger charge is 2.26. The third-order valence-electron chi connectivity index (χ3n) is 3.32. The van der Waals surface area contributed by atoms with E-state index in [4.69, 9.17) is 4.74 Å². The largest absolute Gasteiger partial charge is 0.464 e. The quantitative estimate of drug-likeness (QED) is 0.834. The highest BCUT2D eigenvalue weighted by Crippen LogP contribution is 2.24. The highest BCUT2D eigenvalue weighted by molar-refractivity contribution is 5.93. The number of methoxy groups -OCH3 is 1. The smallest absolute Gasteiger partial charge is 0.360 e. The van der Waals surface area contributed by atoms with Crippen LogP contribution in [-0.4, -0.2) is 43.8 Å². The molecule has 2 aromatic heterocycles. The number of aromatic nitrogens is 4. The summed E-state index contributed by atoms with van der Waals surface area (Å²) in [6, 6.07) is 3.50. The predicted octanol–water partition coefficient (Wildman–Crippen LogP) is 1.29. The van der Waals surface area contributed by atoms with Crippen molar-refractivity contribution in [3.05, 3.63) is 30.2 Å². The van der Waals surface area contributed by atoms with E-state index in [1.54, 1.807) is 31.5 Å². The average molecular weight is 290 g/mol. The number of pyridine rings is 1. The summed E-state index contributed by atoms with van der Waals surface area (Å²) < 4.78 is 6.25. The Bertz CT molecular complexity index is 622. The lowest BCUT2D eigenvalue weighted by molar-refractivity contribution is 0.0344. The SMILES string of the molecule is CCC(C)(O)Cn1nnc(C(=O)OC)c1-c1ccncc1. The van der Waals surface area contributed by atoms with Gasteiger partial charge >= 0.3 is 5.97 Å². The Hall–Kier alpha value is -2.28. The number of hydrogen-bond donors (Lipinski definition) is 1. The average Bonchev–Trinajstić information content (AvgIpc) is 2.90. The maximum Gasteiger partial charge on any atom is 0.360 e. The van der Waals surface area contributed by atoms with Crippen molar-refractivity contribution in [1.82, 2.24) is 20.0 Å². The lowest BCUT2D eigenvalue weighted by Gasteiger charge is -2.21. The van der Waals surface area contributed by atoms with Crippen molar-refractivity contribution in [3.63, 3.8) is 0 Å². The van der Waals surface area contributed by atoms with Crippen LogP contribution in [0.3, 0.4) is 0 Å². The Morgan fingerprint density at radius 1 is 1.43 bits per heavy atom. The molecule has 0 fully saturated rings. The van der Waals surface area contributed by atoms with Crippen LogP contribution in [0.1, 0.15) is 30.8 Å². The molecule has 21 heavy (non-hydrogen) atoms. The molecule has 0 spiro atoms. The molecule has 0 radical (unpaired) electrons. The number of hydrogen-bond acceptors (Lipinski definition) is 6. The van der Waals surface area contributed by atoms with E-state index >= 15 is 0 Å². The van der Waals surface area contributed by atoms with Crippen molar-refractivity contribution in [2.75, 3.05) is 7.11 Å². The van der Waals surface area contributed by atoms with Crippen molar-refractivity contribution in [1.29, 1.82) is 0 Å². The van der Waals surface area contributed by atoms with Crippen molar-refractivity contribution in [3.8, 4) is 11.3 Å².